The largest absolute Gasteiger partial charge is 0.443 e. The molecule has 5 aromatic rings. The molecule has 0 spiro atoms. The third-order valence-electron chi connectivity index (χ3n) is 4.87. The molecule has 4 heterocycles. The molecule has 0 radical (unpaired) electrons. The van der Waals surface area contributed by atoms with Gasteiger partial charge in [-0.25, -0.2) is 14.6 Å². The molecule has 12 heteroatoms. The van der Waals surface area contributed by atoms with E-state index in [1.165, 1.54) is 37.0 Å². The lowest BCUT2D eigenvalue weighted by molar-refractivity contribution is -0.143. The van der Waals surface area contributed by atoms with Gasteiger partial charge in [-0.3, -0.25) is 9.78 Å². The summed E-state index contributed by atoms with van der Waals surface area (Å²) in [4.78, 5) is 25.0. The summed E-state index contributed by atoms with van der Waals surface area (Å²) >= 11 is 6.18. The molecular formula is C22H12ClF3N6O2. The highest BCUT2D eigenvalue weighted by Crippen LogP contribution is 2.35. The van der Waals surface area contributed by atoms with Gasteiger partial charge in [0.1, 0.15) is 12.0 Å². The van der Waals surface area contributed by atoms with Crippen LogP contribution in [-0.2, 0) is 6.18 Å². The third-order valence-corrected chi connectivity index (χ3v) is 5.16. The zero-order chi connectivity index (χ0) is 23.9. The molecule has 170 valence electrons. The zero-order valence-corrected chi connectivity index (χ0v) is 17.7. The Morgan fingerprint density at radius 2 is 1.91 bits per heavy atom. The minimum atomic E-state index is -4.88. The predicted molar refractivity (Wildman–Crippen MR) is 117 cm³/mol. The first-order valence-corrected chi connectivity index (χ1v) is 10.1. The molecule has 0 unspecified atom stereocenters. The van der Waals surface area contributed by atoms with Crippen molar-refractivity contribution < 1.29 is 22.4 Å². The normalized spacial score (nSPS) is 11.6. The average Bonchev–Trinajstić information content (AvgIpc) is 3.49. The Hall–Kier alpha value is -4.25. The van der Waals surface area contributed by atoms with Gasteiger partial charge in [-0.15, -0.1) is 0 Å². The molecule has 0 atom stereocenters. The van der Waals surface area contributed by atoms with Gasteiger partial charge in [0.05, 0.1) is 46.1 Å². The summed E-state index contributed by atoms with van der Waals surface area (Å²) in [6.07, 6.45) is 1.50. The van der Waals surface area contributed by atoms with Crippen molar-refractivity contribution in [2.24, 2.45) is 0 Å². The number of nitrogens with zero attached hydrogens (tertiary/aromatic N) is 5. The third kappa shape index (κ3) is 3.86. The molecule has 4 aromatic heterocycles. The summed E-state index contributed by atoms with van der Waals surface area (Å²) in [6.45, 7) is 0. The van der Waals surface area contributed by atoms with Crippen molar-refractivity contribution in [1.29, 1.82) is 0 Å². The van der Waals surface area contributed by atoms with Crippen molar-refractivity contribution in [3.63, 3.8) is 0 Å². The average molecular weight is 485 g/mol. The second-order valence-corrected chi connectivity index (χ2v) is 7.42. The molecule has 0 saturated carbocycles. The van der Waals surface area contributed by atoms with Gasteiger partial charge in [-0.1, -0.05) is 17.7 Å². The standard InChI is InChI=1S/C22H12ClF3N6O2/c23-15-9-12(10-29-18(15)21-28-7-8-34-21)31-20(33)14-11-30-32(19(14)22(24,25)26)17-5-1-4-16-13(17)3-2-6-27-16/h1-11H,(H,31,33). The Labute approximate surface area is 194 Å². The van der Waals surface area contributed by atoms with Gasteiger partial charge in [-0.05, 0) is 30.3 Å². The highest BCUT2D eigenvalue weighted by molar-refractivity contribution is 6.33. The minimum Gasteiger partial charge on any atom is -0.443 e. The first-order chi connectivity index (χ1) is 16.3. The Morgan fingerprint density at radius 3 is 2.65 bits per heavy atom. The van der Waals surface area contributed by atoms with E-state index in [9.17, 15) is 18.0 Å². The first-order valence-electron chi connectivity index (χ1n) is 9.69. The van der Waals surface area contributed by atoms with Crippen LogP contribution in [0.4, 0.5) is 18.9 Å². The van der Waals surface area contributed by atoms with Crippen molar-refractivity contribution in [3.05, 3.63) is 83.7 Å². The number of alkyl halides is 3. The van der Waals surface area contributed by atoms with Crippen LogP contribution >= 0.6 is 11.6 Å². The summed E-state index contributed by atoms with van der Waals surface area (Å²) in [5.41, 5.74) is -0.963. The smallest absolute Gasteiger partial charge is 0.434 e. The van der Waals surface area contributed by atoms with Crippen LogP contribution in [0.3, 0.4) is 0 Å². The lowest BCUT2D eigenvalue weighted by atomic mass is 10.1. The van der Waals surface area contributed by atoms with Gasteiger partial charge in [0.25, 0.3) is 5.91 Å². The Balaban J connectivity index is 1.53. The molecule has 0 fully saturated rings. The number of halogens is 4. The van der Waals surface area contributed by atoms with Crippen LogP contribution in [0.5, 0.6) is 0 Å². The molecule has 34 heavy (non-hydrogen) atoms. The fourth-order valence-corrected chi connectivity index (χ4v) is 3.69. The van der Waals surface area contributed by atoms with Crippen LogP contribution in [0.1, 0.15) is 16.1 Å². The lowest BCUT2D eigenvalue weighted by Gasteiger charge is -2.14. The summed E-state index contributed by atoms with van der Waals surface area (Å²) < 4.78 is 48.1. The number of aromatic nitrogens is 5. The van der Waals surface area contributed by atoms with E-state index in [4.69, 9.17) is 16.0 Å². The molecule has 5 rings (SSSR count). The van der Waals surface area contributed by atoms with E-state index in [1.54, 1.807) is 24.3 Å². The number of benzene rings is 1. The number of carbonyl (C=O) groups is 1. The number of nitrogens with one attached hydrogen (secondary N) is 1. The molecule has 1 amide bonds. The van der Waals surface area contributed by atoms with E-state index in [2.05, 4.69) is 25.4 Å². The number of fused-ring (bicyclic) bond motifs is 1. The van der Waals surface area contributed by atoms with E-state index in [0.29, 0.717) is 15.6 Å². The number of anilines is 1. The number of amides is 1. The fraction of sp³-hybridized carbons (Fsp3) is 0.0455. The predicted octanol–water partition coefficient (Wildman–Crippen LogP) is 5.40. The maximum Gasteiger partial charge on any atom is 0.434 e. The van der Waals surface area contributed by atoms with Gasteiger partial charge in [-0.2, -0.15) is 18.3 Å². The Morgan fingerprint density at radius 1 is 1.06 bits per heavy atom. The molecule has 0 saturated heterocycles. The maximum absolute atomic E-state index is 14.1. The summed E-state index contributed by atoms with van der Waals surface area (Å²) in [6, 6.07) is 9.27. The zero-order valence-electron chi connectivity index (χ0n) is 16.9. The van der Waals surface area contributed by atoms with Crippen molar-refractivity contribution in [1.82, 2.24) is 24.7 Å². The van der Waals surface area contributed by atoms with Crippen molar-refractivity contribution in [3.8, 4) is 17.3 Å². The second-order valence-electron chi connectivity index (χ2n) is 7.01. The lowest BCUT2D eigenvalue weighted by Crippen LogP contribution is -2.21. The van der Waals surface area contributed by atoms with E-state index < -0.39 is 23.3 Å². The fourth-order valence-electron chi connectivity index (χ4n) is 3.44. The number of hydrogen-bond donors (Lipinski definition) is 1. The molecular weight excluding hydrogens is 473 g/mol. The van der Waals surface area contributed by atoms with Crippen LogP contribution in [0.25, 0.3) is 28.2 Å². The first kappa shape index (κ1) is 21.6. The van der Waals surface area contributed by atoms with Crippen LogP contribution < -0.4 is 5.32 Å². The van der Waals surface area contributed by atoms with Crippen molar-refractivity contribution in [2.75, 3.05) is 5.32 Å². The van der Waals surface area contributed by atoms with Gasteiger partial charge in [0, 0.05) is 11.6 Å². The Bertz CT molecular complexity index is 1510. The number of rotatable bonds is 4. The van der Waals surface area contributed by atoms with Gasteiger partial charge >= 0.3 is 6.18 Å². The summed E-state index contributed by atoms with van der Waals surface area (Å²) in [5.74, 6) is -0.869. The van der Waals surface area contributed by atoms with Gasteiger partial charge < -0.3 is 9.73 Å². The molecule has 1 aromatic carbocycles. The summed E-state index contributed by atoms with van der Waals surface area (Å²) in [7, 11) is 0. The second kappa shape index (κ2) is 8.27. The topological polar surface area (TPSA) is 98.7 Å². The van der Waals surface area contributed by atoms with Gasteiger partial charge in [0.2, 0.25) is 5.89 Å². The van der Waals surface area contributed by atoms with E-state index >= 15 is 0 Å². The quantitative estimate of drug-likeness (QED) is 0.367. The summed E-state index contributed by atoms with van der Waals surface area (Å²) in [5, 5.41) is 6.80. The highest BCUT2D eigenvalue weighted by Gasteiger charge is 2.41. The highest BCUT2D eigenvalue weighted by atomic mass is 35.5. The SMILES string of the molecule is O=C(Nc1cnc(-c2ncco2)c(Cl)c1)c1cnn(-c2cccc3ncccc23)c1C(F)(F)F. The molecule has 0 bridgehead atoms. The number of carbonyl (C=O) groups excluding carboxylic acids is 1. The minimum absolute atomic E-state index is 0.0838. The molecule has 1 N–H and O–H groups in total. The van der Waals surface area contributed by atoms with Gasteiger partial charge in [0.15, 0.2) is 5.69 Å². The number of hydrogen-bond acceptors (Lipinski definition) is 6. The van der Waals surface area contributed by atoms with Crippen molar-refractivity contribution >= 4 is 34.1 Å². The monoisotopic (exact) mass is 484 g/mol. The number of oxazole rings is 1. The van der Waals surface area contributed by atoms with Crippen molar-refractivity contribution in [2.45, 2.75) is 6.18 Å². The molecule has 0 aliphatic rings. The van der Waals surface area contributed by atoms with Crippen LogP contribution in [0.2, 0.25) is 5.02 Å². The van der Waals surface area contributed by atoms with E-state index in [-0.39, 0.29) is 28.0 Å². The Kier molecular flexibility index (Phi) is 5.25. The van der Waals surface area contributed by atoms with Crippen LogP contribution in [0, 0.1) is 0 Å². The van der Waals surface area contributed by atoms with Crippen LogP contribution in [-0.4, -0.2) is 30.6 Å². The van der Waals surface area contributed by atoms with E-state index in [1.807, 2.05) is 0 Å². The van der Waals surface area contributed by atoms with E-state index in [0.717, 1.165) is 6.20 Å². The number of pyridine rings is 2. The molecule has 0 aliphatic heterocycles. The van der Waals surface area contributed by atoms with Crippen LogP contribution in [0.15, 0.2) is 71.9 Å². The molecule has 8 nitrogen and oxygen atoms in total. The molecule has 0 aliphatic carbocycles. The maximum atomic E-state index is 14.1.